The number of amides is 1. The summed E-state index contributed by atoms with van der Waals surface area (Å²) in [6.07, 6.45) is 3.13. The van der Waals surface area contributed by atoms with Gasteiger partial charge in [0, 0.05) is 29.1 Å². The lowest BCUT2D eigenvalue weighted by Gasteiger charge is -2.13. The number of hydrogen-bond acceptors (Lipinski definition) is 6. The summed E-state index contributed by atoms with van der Waals surface area (Å²) in [4.78, 5) is 36.0. The van der Waals surface area contributed by atoms with Crippen molar-refractivity contribution in [2.45, 2.75) is 14.0 Å². The van der Waals surface area contributed by atoms with Gasteiger partial charge in [0.05, 0.1) is 28.7 Å². The van der Waals surface area contributed by atoms with Gasteiger partial charge in [-0.3, -0.25) is 14.6 Å². The van der Waals surface area contributed by atoms with E-state index in [1.807, 2.05) is 36.4 Å². The van der Waals surface area contributed by atoms with E-state index in [0.29, 0.717) is 34.2 Å². The number of carbonyl (C=O) groups excluding carboxylic acids is 1. The third-order valence-corrected chi connectivity index (χ3v) is 5.52. The van der Waals surface area contributed by atoms with Crippen LogP contribution in [0.25, 0.3) is 32.8 Å². The van der Waals surface area contributed by atoms with Crippen LogP contribution in [0.15, 0.2) is 77.9 Å². The number of aromatic amines is 1. The molecule has 1 amide bonds. The van der Waals surface area contributed by atoms with Crippen molar-refractivity contribution in [2.75, 3.05) is 5.32 Å². The summed E-state index contributed by atoms with van der Waals surface area (Å²) in [7, 11) is 0. The first kappa shape index (κ1) is 24.0. The maximum absolute atomic E-state index is 13.0. The van der Waals surface area contributed by atoms with Crippen molar-refractivity contribution in [1.29, 1.82) is 0 Å². The van der Waals surface area contributed by atoms with E-state index in [9.17, 15) is 14.7 Å². The first-order valence-corrected chi connectivity index (χ1v) is 10.7. The number of H-pyrrole nitrogens is 1. The van der Waals surface area contributed by atoms with E-state index in [-0.39, 0.29) is 18.7 Å². The largest absolute Gasteiger partial charge is 0.508 e. The lowest BCUT2D eigenvalue weighted by atomic mass is 9.98. The lowest BCUT2D eigenvalue weighted by molar-refractivity contribution is -0.112. The van der Waals surface area contributed by atoms with Crippen LogP contribution in [0.3, 0.4) is 0 Å². The van der Waals surface area contributed by atoms with Crippen molar-refractivity contribution in [1.82, 2.24) is 15.0 Å². The molecule has 3 heterocycles. The van der Waals surface area contributed by atoms with Gasteiger partial charge >= 0.3 is 0 Å². The highest BCUT2D eigenvalue weighted by Crippen LogP contribution is 2.33. The van der Waals surface area contributed by atoms with Crippen LogP contribution < -0.4 is 16.6 Å². The molecule has 0 fully saturated rings. The Kier molecular flexibility index (Phi) is 6.66. The number of benzene rings is 2. The van der Waals surface area contributed by atoms with E-state index < -0.39 is 5.91 Å². The molecule has 0 aliphatic rings. The third kappa shape index (κ3) is 4.72. The molecule has 178 valence electrons. The highest BCUT2D eigenvalue weighted by atomic mass is 16.3. The monoisotopic (exact) mass is 477 g/mol. The van der Waals surface area contributed by atoms with Crippen LogP contribution in [0.1, 0.15) is 18.7 Å². The molecule has 0 unspecified atom stereocenters. The number of nitrogens with two attached hydrogens (primary N) is 1. The number of rotatable bonds is 4. The van der Waals surface area contributed by atoms with E-state index in [0.717, 1.165) is 22.2 Å². The number of anilines is 1. The fraction of sp³-hybridized carbons (Fsp3) is 0.0714. The number of aromatic hydroxyl groups is 1. The van der Waals surface area contributed by atoms with Gasteiger partial charge in [-0.1, -0.05) is 43.7 Å². The minimum absolute atomic E-state index is 0. The molecule has 0 radical (unpaired) electrons. The van der Waals surface area contributed by atoms with Crippen molar-refractivity contribution < 1.29 is 9.90 Å². The van der Waals surface area contributed by atoms with Crippen molar-refractivity contribution in [2.24, 2.45) is 5.73 Å². The molecule has 0 bridgehead atoms. The first-order valence-electron chi connectivity index (χ1n) is 10.7. The SMILES string of the molecule is C.NC(=O)C#Cc1c[nH]c(=O)c2c1nc(NCc1ccccn1)c1ccc(-c3ccc(O)cc3)cc12. The summed E-state index contributed by atoms with van der Waals surface area (Å²) >= 11 is 0. The molecule has 36 heavy (non-hydrogen) atoms. The normalized spacial score (nSPS) is 10.3. The lowest BCUT2D eigenvalue weighted by Crippen LogP contribution is -2.11. The third-order valence-electron chi connectivity index (χ3n) is 5.52. The van der Waals surface area contributed by atoms with E-state index in [1.54, 1.807) is 30.5 Å². The molecule has 0 saturated heterocycles. The molecule has 5 aromatic rings. The molecular formula is C28H23N5O3. The Balaban J connectivity index is 0.00000304. The van der Waals surface area contributed by atoms with Crippen LogP contribution >= 0.6 is 0 Å². The Morgan fingerprint density at radius 1 is 1.06 bits per heavy atom. The van der Waals surface area contributed by atoms with Crippen LogP contribution in [0.4, 0.5) is 5.82 Å². The fourth-order valence-electron chi connectivity index (χ4n) is 3.89. The van der Waals surface area contributed by atoms with Gasteiger partial charge in [0.2, 0.25) is 0 Å². The van der Waals surface area contributed by atoms with E-state index >= 15 is 0 Å². The molecule has 2 aromatic carbocycles. The zero-order chi connectivity index (χ0) is 24.4. The number of carbonyl (C=O) groups is 1. The molecule has 0 aliphatic carbocycles. The maximum atomic E-state index is 13.0. The molecule has 0 aliphatic heterocycles. The summed E-state index contributed by atoms with van der Waals surface area (Å²) in [6.45, 7) is 0.416. The number of nitrogens with zero attached hydrogens (tertiary/aromatic N) is 2. The van der Waals surface area contributed by atoms with Gasteiger partial charge in [-0.05, 0) is 41.5 Å². The van der Waals surface area contributed by atoms with Crippen LogP contribution in [0.2, 0.25) is 0 Å². The summed E-state index contributed by atoms with van der Waals surface area (Å²) in [6, 6.07) is 18.2. The van der Waals surface area contributed by atoms with Crippen LogP contribution in [0, 0.1) is 11.8 Å². The minimum Gasteiger partial charge on any atom is -0.508 e. The standard InChI is InChI=1S/C27H19N5O3.CH4/c28-23(34)11-7-18-14-31-27(35)24-22-13-17(16-4-8-20(33)9-5-16)6-10-21(22)26(32-25(18)24)30-15-19-3-1-2-12-29-19;/h1-6,8-10,12-14,33H,15H2,(H2,28,34)(H,30,32)(H,31,35);1H4. The second-order valence-corrected chi connectivity index (χ2v) is 7.81. The summed E-state index contributed by atoms with van der Waals surface area (Å²) in [5.74, 6) is 4.95. The van der Waals surface area contributed by atoms with Crippen molar-refractivity contribution >= 4 is 33.4 Å². The van der Waals surface area contributed by atoms with Crippen LogP contribution in [-0.2, 0) is 11.3 Å². The van der Waals surface area contributed by atoms with Gasteiger partial charge in [0.15, 0.2) is 0 Å². The molecule has 8 nitrogen and oxygen atoms in total. The molecular weight excluding hydrogens is 454 g/mol. The highest BCUT2D eigenvalue weighted by Gasteiger charge is 2.15. The number of phenolic OH excluding ortho intramolecular Hbond substituents is 1. The average Bonchev–Trinajstić information content (AvgIpc) is 2.87. The Hall–Kier alpha value is -5.16. The number of pyridine rings is 3. The summed E-state index contributed by atoms with van der Waals surface area (Å²) in [5, 5.41) is 14.7. The topological polar surface area (TPSA) is 134 Å². The molecule has 0 atom stereocenters. The van der Waals surface area contributed by atoms with Crippen molar-refractivity contribution in [3.05, 3.63) is 94.7 Å². The average molecular weight is 478 g/mol. The Morgan fingerprint density at radius 2 is 1.83 bits per heavy atom. The minimum atomic E-state index is -0.784. The Morgan fingerprint density at radius 3 is 2.56 bits per heavy atom. The number of primary amides is 1. The van der Waals surface area contributed by atoms with Crippen molar-refractivity contribution in [3.63, 3.8) is 0 Å². The zero-order valence-corrected chi connectivity index (χ0v) is 18.4. The molecule has 8 heteroatoms. The number of fused-ring (bicyclic) bond motifs is 3. The summed E-state index contributed by atoms with van der Waals surface area (Å²) in [5.41, 5.74) is 8.14. The number of hydrogen-bond donors (Lipinski definition) is 4. The van der Waals surface area contributed by atoms with E-state index in [2.05, 4.69) is 27.1 Å². The number of nitrogens with one attached hydrogen (secondary N) is 2. The highest BCUT2D eigenvalue weighted by molar-refractivity contribution is 6.12. The van der Waals surface area contributed by atoms with E-state index in [4.69, 9.17) is 10.7 Å². The van der Waals surface area contributed by atoms with Gasteiger partial charge in [-0.15, -0.1) is 0 Å². The Bertz CT molecular complexity index is 1700. The fourth-order valence-corrected chi connectivity index (χ4v) is 3.89. The second-order valence-electron chi connectivity index (χ2n) is 7.81. The Labute approximate surface area is 206 Å². The molecule has 5 rings (SSSR count). The van der Waals surface area contributed by atoms with Crippen LogP contribution in [0.5, 0.6) is 5.75 Å². The number of phenols is 1. The van der Waals surface area contributed by atoms with Gasteiger partial charge in [-0.2, -0.15) is 0 Å². The smallest absolute Gasteiger partial charge is 0.293 e. The predicted molar refractivity (Wildman–Crippen MR) is 141 cm³/mol. The molecule has 5 N–H and O–H groups in total. The first-order chi connectivity index (χ1) is 17.0. The van der Waals surface area contributed by atoms with Crippen LogP contribution in [-0.4, -0.2) is 26.0 Å². The molecule has 3 aromatic heterocycles. The van der Waals surface area contributed by atoms with Gasteiger partial charge in [-0.25, -0.2) is 4.98 Å². The van der Waals surface area contributed by atoms with E-state index in [1.165, 1.54) is 6.20 Å². The predicted octanol–water partition coefficient (Wildman–Crippen LogP) is 3.93. The maximum Gasteiger partial charge on any atom is 0.293 e. The molecule has 0 saturated carbocycles. The van der Waals surface area contributed by atoms with Gasteiger partial charge in [0.25, 0.3) is 11.5 Å². The van der Waals surface area contributed by atoms with Crippen molar-refractivity contribution in [3.8, 4) is 28.7 Å². The van der Waals surface area contributed by atoms with Gasteiger partial charge in [0.1, 0.15) is 11.6 Å². The van der Waals surface area contributed by atoms with Gasteiger partial charge < -0.3 is 21.1 Å². The second kappa shape index (κ2) is 9.99. The number of aromatic nitrogens is 3. The zero-order valence-electron chi connectivity index (χ0n) is 18.4. The molecule has 0 spiro atoms. The summed E-state index contributed by atoms with van der Waals surface area (Å²) < 4.78 is 0. The quantitative estimate of drug-likeness (QED) is 0.229.